The van der Waals surface area contributed by atoms with Crippen LogP contribution in [0.2, 0.25) is 0 Å². The van der Waals surface area contributed by atoms with Crippen LogP contribution in [0.5, 0.6) is 0 Å². The molecule has 0 unspecified atom stereocenters. The Morgan fingerprint density at radius 2 is 2.00 bits per heavy atom. The van der Waals surface area contributed by atoms with E-state index in [0.29, 0.717) is 6.61 Å². The Morgan fingerprint density at radius 3 is 2.56 bits per heavy atom. The molecule has 0 saturated heterocycles. The average Bonchev–Trinajstić information content (AvgIpc) is 2.37. The van der Waals surface area contributed by atoms with Crippen LogP contribution in [0.3, 0.4) is 0 Å². The van der Waals surface area contributed by atoms with Crippen molar-refractivity contribution in [3.63, 3.8) is 0 Å². The molecule has 4 nitrogen and oxygen atoms in total. The topological polar surface area (TPSA) is 36.9 Å². The van der Waals surface area contributed by atoms with Gasteiger partial charge >= 0.3 is 0 Å². The van der Waals surface area contributed by atoms with Crippen molar-refractivity contribution in [2.24, 2.45) is 16.8 Å². The van der Waals surface area contributed by atoms with Gasteiger partial charge in [0.25, 0.3) is 0 Å². The molecule has 1 aliphatic carbocycles. The summed E-state index contributed by atoms with van der Waals surface area (Å²) in [5, 5.41) is 3.32. The Hall–Kier alpha value is -0.770. The normalized spacial score (nSPS) is 25.0. The van der Waals surface area contributed by atoms with Gasteiger partial charge in [-0.1, -0.05) is 19.8 Å². The molecule has 4 heteroatoms. The molecule has 0 amide bonds. The minimum Gasteiger partial charge on any atom is -0.383 e. The van der Waals surface area contributed by atoms with Crippen molar-refractivity contribution in [1.82, 2.24) is 10.2 Å². The number of nitrogens with one attached hydrogen (secondary N) is 1. The molecule has 1 N–H and O–H groups in total. The summed E-state index contributed by atoms with van der Waals surface area (Å²) in [5.41, 5.74) is 0. The van der Waals surface area contributed by atoms with Gasteiger partial charge in [-0.05, 0) is 24.7 Å². The molecule has 0 atom stereocenters. The minimum atomic E-state index is 0.716. The van der Waals surface area contributed by atoms with Crippen molar-refractivity contribution in [3.8, 4) is 0 Å². The lowest BCUT2D eigenvalue weighted by Gasteiger charge is -2.31. The van der Waals surface area contributed by atoms with Gasteiger partial charge in [-0.25, -0.2) is 0 Å². The van der Waals surface area contributed by atoms with E-state index >= 15 is 0 Å². The van der Waals surface area contributed by atoms with Gasteiger partial charge in [0, 0.05) is 34.3 Å². The highest BCUT2D eigenvalue weighted by molar-refractivity contribution is 5.79. The Balaban J connectivity index is 2.31. The number of methoxy groups -OCH3 is 1. The van der Waals surface area contributed by atoms with Gasteiger partial charge in [-0.15, -0.1) is 0 Å². The Labute approximate surface area is 112 Å². The standard InChI is InChI=1S/C14H29N3O/c1-12-5-7-13(8-6-12)11-17(3)14(15-2)16-9-10-18-4/h12-13H,5-11H2,1-4H3,(H,15,16). The molecule has 18 heavy (non-hydrogen) atoms. The molecule has 0 aromatic rings. The van der Waals surface area contributed by atoms with Crippen molar-refractivity contribution < 1.29 is 4.74 Å². The minimum absolute atomic E-state index is 0.716. The van der Waals surface area contributed by atoms with Crippen LogP contribution in [0, 0.1) is 11.8 Å². The van der Waals surface area contributed by atoms with Crippen LogP contribution >= 0.6 is 0 Å². The van der Waals surface area contributed by atoms with Crippen molar-refractivity contribution in [1.29, 1.82) is 0 Å². The number of nitrogens with zero attached hydrogens (tertiary/aromatic N) is 2. The van der Waals surface area contributed by atoms with Crippen molar-refractivity contribution in [2.75, 3.05) is 40.9 Å². The fourth-order valence-electron chi connectivity index (χ4n) is 2.64. The zero-order valence-electron chi connectivity index (χ0n) is 12.4. The van der Waals surface area contributed by atoms with Gasteiger partial charge < -0.3 is 15.0 Å². The summed E-state index contributed by atoms with van der Waals surface area (Å²) in [6.45, 7) is 5.01. The molecule has 0 bridgehead atoms. The summed E-state index contributed by atoms with van der Waals surface area (Å²) in [6.07, 6.45) is 5.49. The maximum absolute atomic E-state index is 5.04. The number of ether oxygens (including phenoxy) is 1. The molecular weight excluding hydrogens is 226 g/mol. The highest BCUT2D eigenvalue weighted by atomic mass is 16.5. The van der Waals surface area contributed by atoms with E-state index in [0.717, 1.165) is 30.9 Å². The van der Waals surface area contributed by atoms with E-state index in [2.05, 4.69) is 29.2 Å². The van der Waals surface area contributed by atoms with Crippen LogP contribution in [0.15, 0.2) is 4.99 Å². The lowest BCUT2D eigenvalue weighted by atomic mass is 9.83. The summed E-state index contributed by atoms with van der Waals surface area (Å²) < 4.78 is 5.04. The number of hydrogen-bond donors (Lipinski definition) is 1. The summed E-state index contributed by atoms with van der Waals surface area (Å²) in [5.74, 6) is 2.73. The van der Waals surface area contributed by atoms with Gasteiger partial charge in [-0.2, -0.15) is 0 Å². The molecule has 1 fully saturated rings. The Bertz CT molecular complexity index is 247. The maximum atomic E-state index is 5.04. The summed E-state index contributed by atoms with van der Waals surface area (Å²) in [6, 6.07) is 0. The zero-order valence-corrected chi connectivity index (χ0v) is 12.4. The highest BCUT2D eigenvalue weighted by Gasteiger charge is 2.20. The second-order valence-electron chi connectivity index (χ2n) is 5.47. The van der Waals surface area contributed by atoms with E-state index < -0.39 is 0 Å². The molecule has 0 aromatic heterocycles. The maximum Gasteiger partial charge on any atom is 0.193 e. The molecular formula is C14H29N3O. The molecule has 1 saturated carbocycles. The third-order valence-corrected chi connectivity index (χ3v) is 3.83. The third-order valence-electron chi connectivity index (χ3n) is 3.83. The van der Waals surface area contributed by atoms with Gasteiger partial charge in [0.2, 0.25) is 0 Å². The zero-order chi connectivity index (χ0) is 13.4. The predicted molar refractivity (Wildman–Crippen MR) is 77.0 cm³/mol. The van der Waals surface area contributed by atoms with Gasteiger partial charge in [0.05, 0.1) is 6.61 Å². The Morgan fingerprint density at radius 1 is 1.33 bits per heavy atom. The van der Waals surface area contributed by atoms with Crippen LogP contribution in [-0.2, 0) is 4.74 Å². The molecule has 106 valence electrons. The van der Waals surface area contributed by atoms with Crippen LogP contribution in [-0.4, -0.2) is 51.8 Å². The van der Waals surface area contributed by atoms with Gasteiger partial charge in [-0.3, -0.25) is 4.99 Å². The molecule has 0 heterocycles. The smallest absolute Gasteiger partial charge is 0.193 e. The second kappa shape index (κ2) is 8.35. The number of aliphatic imine (C=N–C) groups is 1. The second-order valence-corrected chi connectivity index (χ2v) is 5.47. The number of hydrogen-bond acceptors (Lipinski definition) is 2. The molecule has 0 aromatic carbocycles. The fourth-order valence-corrected chi connectivity index (χ4v) is 2.64. The van der Waals surface area contributed by atoms with Gasteiger partial charge in [0.1, 0.15) is 0 Å². The molecule has 1 rings (SSSR count). The quantitative estimate of drug-likeness (QED) is 0.463. The molecule has 0 radical (unpaired) electrons. The van der Waals surface area contributed by atoms with E-state index in [-0.39, 0.29) is 0 Å². The summed E-state index contributed by atoms with van der Waals surface area (Å²) in [7, 11) is 5.69. The lowest BCUT2D eigenvalue weighted by molar-refractivity contribution is 0.202. The first-order valence-corrected chi connectivity index (χ1v) is 7.08. The number of rotatable bonds is 5. The van der Waals surface area contributed by atoms with Crippen molar-refractivity contribution >= 4 is 5.96 Å². The first-order valence-electron chi connectivity index (χ1n) is 7.08. The van der Waals surface area contributed by atoms with Crippen LogP contribution in [0.1, 0.15) is 32.6 Å². The first kappa shape index (κ1) is 15.3. The van der Waals surface area contributed by atoms with E-state index in [1.807, 2.05) is 7.05 Å². The average molecular weight is 255 g/mol. The number of guanidine groups is 1. The molecule has 0 aliphatic heterocycles. The Kier molecular flexibility index (Phi) is 7.09. The third kappa shape index (κ3) is 5.25. The predicted octanol–water partition coefficient (Wildman–Crippen LogP) is 1.97. The van der Waals surface area contributed by atoms with Crippen molar-refractivity contribution in [2.45, 2.75) is 32.6 Å². The van der Waals surface area contributed by atoms with E-state index in [1.165, 1.54) is 25.7 Å². The largest absolute Gasteiger partial charge is 0.383 e. The van der Waals surface area contributed by atoms with E-state index in [1.54, 1.807) is 7.11 Å². The van der Waals surface area contributed by atoms with E-state index in [4.69, 9.17) is 4.74 Å². The highest BCUT2D eigenvalue weighted by Crippen LogP contribution is 2.28. The van der Waals surface area contributed by atoms with Crippen molar-refractivity contribution in [3.05, 3.63) is 0 Å². The monoisotopic (exact) mass is 255 g/mol. The molecule has 1 aliphatic rings. The van der Waals surface area contributed by atoms with Gasteiger partial charge in [0.15, 0.2) is 5.96 Å². The van der Waals surface area contributed by atoms with Crippen LogP contribution in [0.25, 0.3) is 0 Å². The van der Waals surface area contributed by atoms with Crippen LogP contribution < -0.4 is 5.32 Å². The lowest BCUT2D eigenvalue weighted by Crippen LogP contribution is -2.42. The van der Waals surface area contributed by atoms with Crippen LogP contribution in [0.4, 0.5) is 0 Å². The first-order chi connectivity index (χ1) is 8.67. The fraction of sp³-hybridized carbons (Fsp3) is 0.929. The van der Waals surface area contributed by atoms with E-state index in [9.17, 15) is 0 Å². The summed E-state index contributed by atoms with van der Waals surface area (Å²) >= 11 is 0. The molecule has 0 spiro atoms. The SMILES string of the molecule is CN=C(NCCOC)N(C)CC1CCC(C)CC1. The summed E-state index contributed by atoms with van der Waals surface area (Å²) in [4.78, 5) is 6.56.